The Balaban J connectivity index is 0.000000171. The van der Waals surface area contributed by atoms with Crippen LogP contribution >= 0.6 is 0 Å². The second kappa shape index (κ2) is 8.12. The van der Waals surface area contributed by atoms with Crippen LogP contribution in [0.5, 0.6) is 0 Å². The van der Waals surface area contributed by atoms with Gasteiger partial charge in [-0.3, -0.25) is 0 Å². The zero-order valence-corrected chi connectivity index (χ0v) is 10.0. The van der Waals surface area contributed by atoms with Gasteiger partial charge >= 0.3 is 0 Å². The van der Waals surface area contributed by atoms with Crippen LogP contribution in [-0.4, -0.2) is 0 Å². The third-order valence-electron chi connectivity index (χ3n) is 2.26. The summed E-state index contributed by atoms with van der Waals surface area (Å²) in [6, 6.07) is 20.3. The van der Waals surface area contributed by atoms with Gasteiger partial charge in [0.05, 0.1) is 0 Å². The fourth-order valence-corrected chi connectivity index (χ4v) is 1.37. The van der Waals surface area contributed by atoms with Crippen molar-refractivity contribution in [2.24, 2.45) is 0 Å². The van der Waals surface area contributed by atoms with Crippen molar-refractivity contribution >= 4 is 6.08 Å². The SMILES string of the molecule is C=CCc1ccccc1.C=Cc1ccccc1. The summed E-state index contributed by atoms with van der Waals surface area (Å²) in [5.41, 5.74) is 2.50. The van der Waals surface area contributed by atoms with Crippen LogP contribution in [0.2, 0.25) is 0 Å². The number of allylic oxidation sites excluding steroid dienone is 1. The van der Waals surface area contributed by atoms with E-state index in [1.54, 1.807) is 0 Å². The molecule has 0 heteroatoms. The zero-order chi connectivity index (χ0) is 12.3. The molecule has 0 saturated heterocycles. The molecule has 0 N–H and O–H groups in total. The van der Waals surface area contributed by atoms with Crippen LogP contribution in [-0.2, 0) is 6.42 Å². The molecule has 0 bridgehead atoms. The Morgan fingerprint density at radius 3 is 1.71 bits per heavy atom. The maximum Gasteiger partial charge on any atom is -0.0100 e. The maximum absolute atomic E-state index is 3.66. The van der Waals surface area contributed by atoms with E-state index in [9.17, 15) is 0 Å². The first-order valence-corrected chi connectivity index (χ1v) is 5.69. The first-order valence-electron chi connectivity index (χ1n) is 5.69. The van der Waals surface area contributed by atoms with Crippen molar-refractivity contribution in [2.75, 3.05) is 0 Å². The molecule has 2 rings (SSSR count). The Morgan fingerprint density at radius 1 is 0.765 bits per heavy atom. The van der Waals surface area contributed by atoms with Crippen molar-refractivity contribution in [3.63, 3.8) is 0 Å². The van der Waals surface area contributed by atoms with Crippen LogP contribution in [0.25, 0.3) is 6.08 Å². The monoisotopic (exact) mass is 222 g/mol. The van der Waals surface area contributed by atoms with Crippen molar-refractivity contribution < 1.29 is 0 Å². The molecule has 0 fully saturated rings. The summed E-state index contributed by atoms with van der Waals surface area (Å²) in [6.07, 6.45) is 4.72. The smallest absolute Gasteiger partial charge is 0.0100 e. The van der Waals surface area contributed by atoms with Gasteiger partial charge in [0.1, 0.15) is 0 Å². The fraction of sp³-hybridized carbons (Fsp3) is 0.0588. The first-order chi connectivity index (χ1) is 8.36. The van der Waals surface area contributed by atoms with Gasteiger partial charge < -0.3 is 0 Å². The highest BCUT2D eigenvalue weighted by molar-refractivity contribution is 5.45. The molecule has 2 aromatic rings. The summed E-state index contributed by atoms with van der Waals surface area (Å²) in [6.45, 7) is 7.29. The molecule has 0 aromatic heterocycles. The van der Waals surface area contributed by atoms with Gasteiger partial charge in [-0.25, -0.2) is 0 Å². The molecule has 0 heterocycles. The van der Waals surface area contributed by atoms with E-state index in [2.05, 4.69) is 25.3 Å². The minimum Gasteiger partial charge on any atom is -0.103 e. The lowest BCUT2D eigenvalue weighted by molar-refractivity contribution is 1.28. The van der Waals surface area contributed by atoms with Crippen LogP contribution in [0, 0.1) is 0 Å². The van der Waals surface area contributed by atoms with Crippen molar-refractivity contribution in [1.82, 2.24) is 0 Å². The van der Waals surface area contributed by atoms with Gasteiger partial charge in [-0.2, -0.15) is 0 Å². The molecule has 0 aliphatic heterocycles. The quantitative estimate of drug-likeness (QED) is 0.658. The van der Waals surface area contributed by atoms with Crippen LogP contribution in [0.15, 0.2) is 79.9 Å². The lowest BCUT2D eigenvalue weighted by atomic mass is 10.2. The van der Waals surface area contributed by atoms with Crippen LogP contribution < -0.4 is 0 Å². The number of hydrogen-bond donors (Lipinski definition) is 0. The van der Waals surface area contributed by atoms with Crippen molar-refractivity contribution in [3.8, 4) is 0 Å². The Labute approximate surface area is 104 Å². The number of benzene rings is 2. The molecule has 0 spiro atoms. The minimum atomic E-state index is 0.973. The Kier molecular flexibility index (Phi) is 6.20. The molecule has 0 saturated carbocycles. The standard InChI is InChI=1S/C9H10.C8H8/c1-2-6-9-7-4-3-5-8-9;1-2-8-6-4-3-5-7-8/h2-5,7-8H,1,6H2;2-7H,1H2. The van der Waals surface area contributed by atoms with E-state index in [-0.39, 0.29) is 0 Å². The molecular weight excluding hydrogens is 204 g/mol. The molecule has 0 atom stereocenters. The van der Waals surface area contributed by atoms with E-state index in [0.29, 0.717) is 0 Å². The van der Waals surface area contributed by atoms with E-state index in [0.717, 1.165) is 6.42 Å². The van der Waals surface area contributed by atoms with Crippen LogP contribution in [0.4, 0.5) is 0 Å². The fourth-order valence-electron chi connectivity index (χ4n) is 1.37. The molecule has 0 aliphatic rings. The predicted octanol–water partition coefficient (Wildman–Crippen LogP) is 4.74. The number of rotatable bonds is 3. The predicted molar refractivity (Wildman–Crippen MR) is 76.9 cm³/mol. The van der Waals surface area contributed by atoms with Crippen molar-refractivity contribution in [1.29, 1.82) is 0 Å². The largest absolute Gasteiger partial charge is 0.103 e. The molecule has 0 radical (unpaired) electrons. The molecule has 0 aliphatic carbocycles. The summed E-state index contributed by atoms with van der Waals surface area (Å²) in [4.78, 5) is 0. The van der Waals surface area contributed by atoms with Gasteiger partial charge in [-0.1, -0.05) is 79.4 Å². The molecule has 17 heavy (non-hydrogen) atoms. The van der Waals surface area contributed by atoms with Gasteiger partial charge in [0.25, 0.3) is 0 Å². The van der Waals surface area contributed by atoms with Crippen molar-refractivity contribution in [3.05, 3.63) is 91.0 Å². The molecular formula is C17H18. The van der Waals surface area contributed by atoms with Crippen LogP contribution in [0.3, 0.4) is 0 Å². The lowest BCUT2D eigenvalue weighted by Crippen LogP contribution is -1.75. The highest BCUT2D eigenvalue weighted by atomic mass is 13.9. The van der Waals surface area contributed by atoms with E-state index >= 15 is 0 Å². The summed E-state index contributed by atoms with van der Waals surface area (Å²) >= 11 is 0. The Bertz CT molecular complexity index is 426. The molecule has 0 unspecified atom stereocenters. The van der Waals surface area contributed by atoms with Gasteiger partial charge in [0, 0.05) is 0 Å². The van der Waals surface area contributed by atoms with Crippen molar-refractivity contribution in [2.45, 2.75) is 6.42 Å². The van der Waals surface area contributed by atoms with E-state index < -0.39 is 0 Å². The third kappa shape index (κ3) is 5.53. The highest BCUT2D eigenvalue weighted by Gasteiger charge is 1.82. The second-order valence-electron chi connectivity index (χ2n) is 3.59. The third-order valence-corrected chi connectivity index (χ3v) is 2.26. The minimum absolute atomic E-state index is 0.973. The summed E-state index contributed by atoms with van der Waals surface area (Å²) in [5, 5.41) is 0. The van der Waals surface area contributed by atoms with Gasteiger partial charge in [-0.05, 0) is 17.5 Å². The average molecular weight is 222 g/mol. The zero-order valence-electron chi connectivity index (χ0n) is 10.0. The Hall–Kier alpha value is -2.08. The lowest BCUT2D eigenvalue weighted by Gasteiger charge is -1.91. The number of hydrogen-bond acceptors (Lipinski definition) is 0. The summed E-state index contributed by atoms with van der Waals surface area (Å²) < 4.78 is 0. The van der Waals surface area contributed by atoms with Crippen LogP contribution in [0.1, 0.15) is 11.1 Å². The topological polar surface area (TPSA) is 0 Å². The van der Waals surface area contributed by atoms with E-state index in [1.165, 1.54) is 11.1 Å². The normalized spacial score (nSPS) is 8.71. The van der Waals surface area contributed by atoms with Gasteiger partial charge in [-0.15, -0.1) is 6.58 Å². The second-order valence-corrected chi connectivity index (χ2v) is 3.59. The van der Waals surface area contributed by atoms with Gasteiger partial charge in [0.15, 0.2) is 0 Å². The highest BCUT2D eigenvalue weighted by Crippen LogP contribution is 1.98. The first kappa shape index (κ1) is 13.0. The Morgan fingerprint density at radius 2 is 1.29 bits per heavy atom. The molecule has 0 nitrogen and oxygen atoms in total. The molecule has 86 valence electrons. The summed E-state index contributed by atoms with van der Waals surface area (Å²) in [7, 11) is 0. The maximum atomic E-state index is 3.66. The van der Waals surface area contributed by atoms with Gasteiger partial charge in [0.2, 0.25) is 0 Å². The summed E-state index contributed by atoms with van der Waals surface area (Å²) in [5.74, 6) is 0. The molecule has 2 aromatic carbocycles. The molecule has 0 amide bonds. The average Bonchev–Trinajstić information content (AvgIpc) is 2.42. The van der Waals surface area contributed by atoms with E-state index in [1.807, 2.05) is 60.7 Å². The van der Waals surface area contributed by atoms with E-state index in [4.69, 9.17) is 0 Å².